The Labute approximate surface area is 133 Å². The lowest BCUT2D eigenvalue weighted by molar-refractivity contribution is 0.495. The van der Waals surface area contributed by atoms with Crippen molar-refractivity contribution < 1.29 is 0 Å². The molecule has 2 aromatic rings. The van der Waals surface area contributed by atoms with E-state index in [2.05, 4.69) is 58.5 Å². The van der Waals surface area contributed by atoms with Crippen LogP contribution in [0.5, 0.6) is 0 Å². The van der Waals surface area contributed by atoms with Gasteiger partial charge in [0.1, 0.15) is 0 Å². The molecule has 116 valence electrons. The third-order valence-corrected chi connectivity index (χ3v) is 4.47. The lowest BCUT2D eigenvalue weighted by atomic mass is 10.0. The van der Waals surface area contributed by atoms with Gasteiger partial charge in [-0.2, -0.15) is 0 Å². The van der Waals surface area contributed by atoms with Crippen molar-refractivity contribution in [3.8, 4) is 0 Å². The molecule has 0 spiro atoms. The van der Waals surface area contributed by atoms with Crippen LogP contribution < -0.4 is 10.2 Å². The topological polar surface area (TPSA) is 28.2 Å². The first kappa shape index (κ1) is 15.0. The SMILES string of the molecule is CCN1CCCC(NCc2ccnc(C)c2)c2ccccc21. The maximum absolute atomic E-state index is 4.27. The van der Waals surface area contributed by atoms with Gasteiger partial charge in [0, 0.05) is 43.3 Å². The van der Waals surface area contributed by atoms with E-state index in [1.165, 1.54) is 29.7 Å². The van der Waals surface area contributed by atoms with Crippen molar-refractivity contribution in [1.29, 1.82) is 0 Å². The van der Waals surface area contributed by atoms with Crippen LogP contribution in [0.3, 0.4) is 0 Å². The zero-order chi connectivity index (χ0) is 15.4. The number of rotatable bonds is 4. The second kappa shape index (κ2) is 6.93. The monoisotopic (exact) mass is 295 g/mol. The second-order valence-electron chi connectivity index (χ2n) is 6.02. The molecule has 0 saturated carbocycles. The Balaban J connectivity index is 1.78. The summed E-state index contributed by atoms with van der Waals surface area (Å²) in [5.74, 6) is 0. The van der Waals surface area contributed by atoms with Crippen molar-refractivity contribution in [2.24, 2.45) is 0 Å². The Morgan fingerprint density at radius 3 is 2.95 bits per heavy atom. The van der Waals surface area contributed by atoms with Gasteiger partial charge in [0.2, 0.25) is 0 Å². The molecule has 2 heterocycles. The molecular weight excluding hydrogens is 270 g/mol. The average Bonchev–Trinajstić information content (AvgIpc) is 2.72. The van der Waals surface area contributed by atoms with Crippen LogP contribution in [0.2, 0.25) is 0 Å². The molecule has 3 heteroatoms. The lowest BCUT2D eigenvalue weighted by Gasteiger charge is -2.24. The number of aromatic nitrogens is 1. The standard InChI is InChI=1S/C19H25N3/c1-3-22-12-6-8-18(17-7-4-5-9-19(17)22)21-14-16-10-11-20-15(2)13-16/h4-5,7,9-11,13,18,21H,3,6,8,12,14H2,1-2H3. The average molecular weight is 295 g/mol. The number of hydrogen-bond acceptors (Lipinski definition) is 3. The number of nitrogens with zero attached hydrogens (tertiary/aromatic N) is 2. The molecule has 1 unspecified atom stereocenters. The number of benzene rings is 1. The molecular formula is C19H25N3. The van der Waals surface area contributed by atoms with E-state index in [0.717, 1.165) is 25.3 Å². The van der Waals surface area contributed by atoms with E-state index in [-0.39, 0.29) is 0 Å². The zero-order valence-corrected chi connectivity index (χ0v) is 13.5. The van der Waals surface area contributed by atoms with Gasteiger partial charge in [-0.3, -0.25) is 4.98 Å². The highest BCUT2D eigenvalue weighted by molar-refractivity contribution is 5.55. The van der Waals surface area contributed by atoms with Crippen LogP contribution >= 0.6 is 0 Å². The molecule has 1 atom stereocenters. The Hall–Kier alpha value is -1.87. The fourth-order valence-electron chi connectivity index (χ4n) is 3.33. The summed E-state index contributed by atoms with van der Waals surface area (Å²) in [4.78, 5) is 6.77. The predicted octanol–water partition coefficient (Wildman–Crippen LogP) is 3.84. The van der Waals surface area contributed by atoms with Crippen LogP contribution in [0.4, 0.5) is 5.69 Å². The molecule has 0 amide bonds. The van der Waals surface area contributed by atoms with E-state index in [1.807, 2.05) is 13.1 Å². The van der Waals surface area contributed by atoms with Crippen molar-refractivity contribution in [2.45, 2.75) is 39.3 Å². The van der Waals surface area contributed by atoms with Gasteiger partial charge < -0.3 is 10.2 Å². The number of fused-ring (bicyclic) bond motifs is 1. The molecule has 1 aliphatic heterocycles. The smallest absolute Gasteiger partial charge is 0.0414 e. The Kier molecular flexibility index (Phi) is 4.74. The molecule has 1 aromatic heterocycles. The van der Waals surface area contributed by atoms with Crippen molar-refractivity contribution in [3.63, 3.8) is 0 Å². The van der Waals surface area contributed by atoms with Crippen LogP contribution in [0.1, 0.15) is 42.6 Å². The molecule has 0 saturated heterocycles. The van der Waals surface area contributed by atoms with E-state index in [9.17, 15) is 0 Å². The minimum Gasteiger partial charge on any atom is -0.372 e. The quantitative estimate of drug-likeness (QED) is 0.929. The lowest BCUT2D eigenvalue weighted by Crippen LogP contribution is -2.24. The normalized spacial score (nSPS) is 17.9. The fraction of sp³-hybridized carbons (Fsp3) is 0.421. The summed E-state index contributed by atoms with van der Waals surface area (Å²) in [6.07, 6.45) is 4.32. The van der Waals surface area contributed by atoms with Gasteiger partial charge in [-0.05, 0) is 56.0 Å². The fourth-order valence-corrected chi connectivity index (χ4v) is 3.33. The van der Waals surface area contributed by atoms with Gasteiger partial charge in [0.25, 0.3) is 0 Å². The highest BCUT2D eigenvalue weighted by Gasteiger charge is 2.21. The van der Waals surface area contributed by atoms with E-state index in [1.54, 1.807) is 0 Å². The molecule has 0 bridgehead atoms. The third-order valence-electron chi connectivity index (χ3n) is 4.47. The zero-order valence-electron chi connectivity index (χ0n) is 13.5. The van der Waals surface area contributed by atoms with Crippen molar-refractivity contribution in [1.82, 2.24) is 10.3 Å². The van der Waals surface area contributed by atoms with Gasteiger partial charge in [0.05, 0.1) is 0 Å². The number of hydrogen-bond donors (Lipinski definition) is 1. The molecule has 3 nitrogen and oxygen atoms in total. The highest BCUT2D eigenvalue weighted by atomic mass is 15.1. The summed E-state index contributed by atoms with van der Waals surface area (Å²) < 4.78 is 0. The van der Waals surface area contributed by atoms with Crippen molar-refractivity contribution in [3.05, 3.63) is 59.4 Å². The van der Waals surface area contributed by atoms with E-state index in [0.29, 0.717) is 6.04 Å². The molecule has 1 N–H and O–H groups in total. The Morgan fingerprint density at radius 1 is 1.27 bits per heavy atom. The van der Waals surface area contributed by atoms with Gasteiger partial charge >= 0.3 is 0 Å². The van der Waals surface area contributed by atoms with Gasteiger partial charge in [-0.1, -0.05) is 18.2 Å². The van der Waals surface area contributed by atoms with Crippen molar-refractivity contribution in [2.75, 3.05) is 18.0 Å². The number of aryl methyl sites for hydroxylation is 1. The maximum Gasteiger partial charge on any atom is 0.0414 e. The first-order chi connectivity index (χ1) is 10.8. The number of pyridine rings is 1. The summed E-state index contributed by atoms with van der Waals surface area (Å²) in [6.45, 7) is 7.41. The number of nitrogens with one attached hydrogen (secondary N) is 1. The maximum atomic E-state index is 4.27. The summed E-state index contributed by atoms with van der Waals surface area (Å²) in [6, 6.07) is 13.5. The summed E-state index contributed by atoms with van der Waals surface area (Å²) in [7, 11) is 0. The van der Waals surface area contributed by atoms with Crippen molar-refractivity contribution >= 4 is 5.69 Å². The van der Waals surface area contributed by atoms with E-state index < -0.39 is 0 Å². The molecule has 1 aromatic carbocycles. The van der Waals surface area contributed by atoms with E-state index in [4.69, 9.17) is 0 Å². The molecule has 0 radical (unpaired) electrons. The third kappa shape index (κ3) is 3.30. The van der Waals surface area contributed by atoms with Gasteiger partial charge in [-0.15, -0.1) is 0 Å². The minimum atomic E-state index is 0.432. The highest BCUT2D eigenvalue weighted by Crippen LogP contribution is 2.32. The Morgan fingerprint density at radius 2 is 2.14 bits per heavy atom. The van der Waals surface area contributed by atoms with Crippen LogP contribution in [0.25, 0.3) is 0 Å². The van der Waals surface area contributed by atoms with Gasteiger partial charge in [0.15, 0.2) is 0 Å². The predicted molar refractivity (Wildman–Crippen MR) is 92.1 cm³/mol. The van der Waals surface area contributed by atoms with Crippen LogP contribution in [-0.2, 0) is 6.54 Å². The Bertz CT molecular complexity index is 624. The summed E-state index contributed by atoms with van der Waals surface area (Å²) in [5, 5.41) is 3.75. The minimum absolute atomic E-state index is 0.432. The van der Waals surface area contributed by atoms with Crippen LogP contribution in [0.15, 0.2) is 42.6 Å². The molecule has 1 aliphatic rings. The van der Waals surface area contributed by atoms with Crippen LogP contribution in [0, 0.1) is 6.92 Å². The summed E-state index contributed by atoms with van der Waals surface area (Å²) >= 11 is 0. The van der Waals surface area contributed by atoms with Crippen LogP contribution in [-0.4, -0.2) is 18.1 Å². The summed E-state index contributed by atoms with van der Waals surface area (Å²) in [5.41, 5.74) is 5.22. The molecule has 0 aliphatic carbocycles. The molecule has 3 rings (SSSR count). The number of anilines is 1. The largest absolute Gasteiger partial charge is 0.372 e. The van der Waals surface area contributed by atoms with E-state index >= 15 is 0 Å². The second-order valence-corrected chi connectivity index (χ2v) is 6.02. The first-order valence-electron chi connectivity index (χ1n) is 8.26. The first-order valence-corrected chi connectivity index (χ1v) is 8.26. The van der Waals surface area contributed by atoms with Gasteiger partial charge in [-0.25, -0.2) is 0 Å². The molecule has 22 heavy (non-hydrogen) atoms. The number of para-hydroxylation sites is 1. The molecule has 0 fully saturated rings.